The maximum absolute atomic E-state index is 12.9. The Bertz CT molecular complexity index is 1120. The second kappa shape index (κ2) is 9.05. The van der Waals surface area contributed by atoms with Gasteiger partial charge in [0.25, 0.3) is 0 Å². The van der Waals surface area contributed by atoms with E-state index in [9.17, 15) is 16.8 Å². The van der Waals surface area contributed by atoms with Gasteiger partial charge in [0, 0.05) is 0 Å². The van der Waals surface area contributed by atoms with Crippen LogP contribution >= 0.6 is 23.2 Å². The van der Waals surface area contributed by atoms with Crippen LogP contribution in [0.2, 0.25) is 0 Å². The van der Waals surface area contributed by atoms with Gasteiger partial charge in [0.1, 0.15) is 6.17 Å². The van der Waals surface area contributed by atoms with Gasteiger partial charge in [-0.15, -0.1) is 0 Å². The van der Waals surface area contributed by atoms with E-state index in [1.165, 1.54) is 24.3 Å². The van der Waals surface area contributed by atoms with E-state index in [0.29, 0.717) is 5.56 Å². The third-order valence-corrected chi connectivity index (χ3v) is 7.92. The molecule has 30 heavy (non-hydrogen) atoms. The quantitative estimate of drug-likeness (QED) is 0.377. The van der Waals surface area contributed by atoms with Crippen molar-refractivity contribution in [3.63, 3.8) is 0 Å². The highest BCUT2D eigenvalue weighted by Gasteiger charge is 2.42. The van der Waals surface area contributed by atoms with Crippen molar-refractivity contribution in [2.75, 3.05) is 0 Å². The van der Waals surface area contributed by atoms with Gasteiger partial charge >= 0.3 is 0 Å². The normalized spacial score (nSPS) is 12.8. The third kappa shape index (κ3) is 5.21. The van der Waals surface area contributed by atoms with Crippen LogP contribution in [0.4, 0.5) is 0 Å². The molecule has 0 heterocycles. The van der Waals surface area contributed by atoms with Crippen LogP contribution in [0.5, 0.6) is 0 Å². The highest BCUT2D eigenvalue weighted by Crippen LogP contribution is 2.37. The van der Waals surface area contributed by atoms with Crippen LogP contribution in [0.1, 0.15) is 5.56 Å². The molecule has 0 radical (unpaired) electrons. The van der Waals surface area contributed by atoms with E-state index in [4.69, 9.17) is 23.2 Å². The van der Waals surface area contributed by atoms with Crippen molar-refractivity contribution in [1.29, 1.82) is 0 Å². The molecule has 0 saturated heterocycles. The molecule has 3 rings (SSSR count). The molecule has 158 valence electrons. The van der Waals surface area contributed by atoms with E-state index in [1.54, 1.807) is 66.7 Å². The Morgan fingerprint density at radius 3 is 1.30 bits per heavy atom. The van der Waals surface area contributed by atoms with Gasteiger partial charge in [0.05, 0.1) is 9.79 Å². The monoisotopic (exact) mass is 484 g/mol. The molecule has 2 N–H and O–H groups in total. The molecule has 0 saturated carbocycles. The highest BCUT2D eigenvalue weighted by molar-refractivity contribution is 7.90. The average Bonchev–Trinajstić information content (AvgIpc) is 2.75. The summed E-state index contributed by atoms with van der Waals surface area (Å²) < 4.78 is 54.2. The first-order valence-electron chi connectivity index (χ1n) is 8.71. The van der Waals surface area contributed by atoms with Crippen molar-refractivity contribution in [3.8, 4) is 0 Å². The minimum absolute atomic E-state index is 0.0638. The molecule has 0 spiro atoms. The summed E-state index contributed by atoms with van der Waals surface area (Å²) in [5.74, 6) is 0. The minimum atomic E-state index is -4.15. The molecule has 0 unspecified atom stereocenters. The molecule has 10 heteroatoms. The molecule has 0 aliphatic rings. The van der Waals surface area contributed by atoms with E-state index in [0.717, 1.165) is 0 Å². The summed E-state index contributed by atoms with van der Waals surface area (Å²) in [4.78, 5) is -0.128. The van der Waals surface area contributed by atoms with Crippen LogP contribution < -0.4 is 9.44 Å². The topological polar surface area (TPSA) is 92.3 Å². The van der Waals surface area contributed by atoms with Gasteiger partial charge in [-0.3, -0.25) is 0 Å². The van der Waals surface area contributed by atoms with Gasteiger partial charge < -0.3 is 0 Å². The molecule has 0 aliphatic carbocycles. The van der Waals surface area contributed by atoms with Crippen LogP contribution in [-0.4, -0.2) is 23.0 Å². The number of hydrogen-bond donors (Lipinski definition) is 2. The van der Waals surface area contributed by atoms with Crippen LogP contribution in [-0.2, 0) is 24.4 Å². The van der Waals surface area contributed by atoms with Crippen LogP contribution in [0, 0.1) is 0 Å². The van der Waals surface area contributed by atoms with Gasteiger partial charge in [0.2, 0.25) is 20.0 Å². The maximum atomic E-state index is 12.9. The average molecular weight is 485 g/mol. The maximum Gasteiger partial charge on any atom is 0.242 e. The van der Waals surface area contributed by atoms with Crippen molar-refractivity contribution >= 4 is 43.2 Å². The summed E-state index contributed by atoms with van der Waals surface area (Å²) in [5, 5.41) is 0. The number of halogens is 2. The standard InChI is InChI=1S/C20H18Cl2N2O4S2/c21-20(22,16-10-4-1-5-11-16)19(23-29(25,26)17-12-6-2-7-13-17)24-30(27,28)18-14-8-3-9-15-18/h1-15,19,23-24H. The van der Waals surface area contributed by atoms with Gasteiger partial charge in [0.15, 0.2) is 4.33 Å². The zero-order valence-electron chi connectivity index (χ0n) is 15.4. The largest absolute Gasteiger partial charge is 0.242 e. The fourth-order valence-corrected chi connectivity index (χ4v) is 5.84. The predicted molar refractivity (Wildman–Crippen MR) is 117 cm³/mol. The number of alkyl halides is 2. The Hall–Kier alpha value is -1.94. The second-order valence-electron chi connectivity index (χ2n) is 6.29. The van der Waals surface area contributed by atoms with E-state index < -0.39 is 30.5 Å². The van der Waals surface area contributed by atoms with Crippen molar-refractivity contribution in [2.45, 2.75) is 20.3 Å². The van der Waals surface area contributed by atoms with Gasteiger partial charge in [-0.1, -0.05) is 89.9 Å². The summed E-state index contributed by atoms with van der Waals surface area (Å²) in [6, 6.07) is 23.2. The van der Waals surface area contributed by atoms with E-state index >= 15 is 0 Å². The number of nitrogens with one attached hydrogen (secondary N) is 2. The zero-order chi connectivity index (χ0) is 21.8. The number of rotatable bonds is 8. The first-order chi connectivity index (χ1) is 14.1. The fourth-order valence-electron chi connectivity index (χ4n) is 2.64. The molecule has 3 aromatic rings. The zero-order valence-corrected chi connectivity index (χ0v) is 18.6. The molecule has 0 bridgehead atoms. The number of hydrogen-bond acceptors (Lipinski definition) is 4. The Morgan fingerprint density at radius 2 is 0.933 bits per heavy atom. The summed E-state index contributed by atoms with van der Waals surface area (Å²) in [6.07, 6.45) is -1.61. The van der Waals surface area contributed by atoms with Crippen molar-refractivity contribution in [1.82, 2.24) is 9.44 Å². The predicted octanol–water partition coefficient (Wildman–Crippen LogP) is 3.60. The molecule has 0 aromatic heterocycles. The summed E-state index contributed by atoms with van der Waals surface area (Å²) >= 11 is 13.1. The Labute approximate surface area is 186 Å². The van der Waals surface area contributed by atoms with Gasteiger partial charge in [-0.2, -0.15) is 9.44 Å². The first-order valence-corrected chi connectivity index (χ1v) is 12.4. The smallest absolute Gasteiger partial charge is 0.207 e. The van der Waals surface area contributed by atoms with E-state index in [2.05, 4.69) is 9.44 Å². The van der Waals surface area contributed by atoms with Crippen LogP contribution in [0.25, 0.3) is 0 Å². The van der Waals surface area contributed by atoms with Crippen LogP contribution in [0.15, 0.2) is 101 Å². The molecule has 0 amide bonds. The molecule has 6 nitrogen and oxygen atoms in total. The fraction of sp³-hybridized carbons (Fsp3) is 0.100. The summed E-state index contributed by atoms with van der Waals surface area (Å²) in [6.45, 7) is 0. The van der Waals surface area contributed by atoms with E-state index in [-0.39, 0.29) is 9.79 Å². The van der Waals surface area contributed by atoms with Crippen molar-refractivity contribution < 1.29 is 16.8 Å². The second-order valence-corrected chi connectivity index (χ2v) is 11.1. The Kier molecular flexibility index (Phi) is 6.86. The molecular weight excluding hydrogens is 467 g/mol. The Balaban J connectivity index is 2.03. The van der Waals surface area contributed by atoms with Crippen LogP contribution in [0.3, 0.4) is 0 Å². The lowest BCUT2D eigenvalue weighted by atomic mass is 10.1. The van der Waals surface area contributed by atoms with Gasteiger partial charge in [-0.25, -0.2) is 16.8 Å². The summed E-state index contributed by atoms with van der Waals surface area (Å²) in [7, 11) is -8.30. The number of benzene rings is 3. The molecular formula is C20H18Cl2N2O4S2. The van der Waals surface area contributed by atoms with E-state index in [1.807, 2.05) is 0 Å². The van der Waals surface area contributed by atoms with Crippen molar-refractivity contribution in [2.24, 2.45) is 0 Å². The molecule has 3 aromatic carbocycles. The molecule has 0 atom stereocenters. The minimum Gasteiger partial charge on any atom is -0.207 e. The Morgan fingerprint density at radius 1 is 0.600 bits per heavy atom. The summed E-state index contributed by atoms with van der Waals surface area (Å²) in [5.41, 5.74) is 0.310. The lowest BCUT2D eigenvalue weighted by Crippen LogP contribution is -2.55. The van der Waals surface area contributed by atoms with Gasteiger partial charge in [-0.05, 0) is 29.8 Å². The first kappa shape index (κ1) is 22.7. The SMILES string of the molecule is O=S(=O)(NC(NS(=O)(=O)c1ccccc1)C(Cl)(Cl)c1ccccc1)c1ccccc1. The highest BCUT2D eigenvalue weighted by atomic mass is 35.5. The van der Waals surface area contributed by atoms with Crippen molar-refractivity contribution in [3.05, 3.63) is 96.6 Å². The molecule has 0 fully saturated rings. The lowest BCUT2D eigenvalue weighted by molar-refractivity contribution is 0.486. The molecule has 0 aliphatic heterocycles. The third-order valence-electron chi connectivity index (χ3n) is 4.17. The number of sulfonamides is 2. The lowest BCUT2D eigenvalue weighted by Gasteiger charge is -2.31.